The summed E-state index contributed by atoms with van der Waals surface area (Å²) in [6.07, 6.45) is 2.00. The molecule has 126 valence electrons. The number of hydrogen-bond acceptors (Lipinski definition) is 8. The van der Waals surface area contributed by atoms with E-state index in [0.717, 1.165) is 5.56 Å². The van der Waals surface area contributed by atoms with Crippen LogP contribution in [0.25, 0.3) is 0 Å². The Labute approximate surface area is 149 Å². The van der Waals surface area contributed by atoms with Crippen molar-refractivity contribution in [3.63, 3.8) is 0 Å². The SMILES string of the molecule is COC(=O)Cc1cnc(Cc2ccc([N+](=O)[O-])cc2)nc1C(S)S. The molecule has 0 atom stereocenters. The van der Waals surface area contributed by atoms with Gasteiger partial charge in [0.25, 0.3) is 5.69 Å². The van der Waals surface area contributed by atoms with Crippen molar-refractivity contribution < 1.29 is 14.5 Å². The van der Waals surface area contributed by atoms with Crippen molar-refractivity contribution in [2.45, 2.75) is 17.4 Å². The van der Waals surface area contributed by atoms with Crippen LogP contribution in [0.3, 0.4) is 0 Å². The average Bonchev–Trinajstić information content (AvgIpc) is 2.56. The summed E-state index contributed by atoms with van der Waals surface area (Å²) in [5.74, 6) is 0.117. The highest BCUT2D eigenvalue weighted by Gasteiger charge is 2.15. The van der Waals surface area contributed by atoms with E-state index in [0.29, 0.717) is 23.5 Å². The number of aromatic nitrogens is 2. The lowest BCUT2D eigenvalue weighted by Crippen LogP contribution is -2.11. The molecule has 0 bridgehead atoms. The summed E-state index contributed by atoms with van der Waals surface area (Å²) < 4.78 is 4.18. The molecule has 0 radical (unpaired) electrons. The standard InChI is InChI=1S/C15H15N3O4S2/c1-22-13(19)7-10-8-16-12(17-14(10)15(23)24)6-9-2-4-11(5-3-9)18(20)21/h2-5,8,15,23-24H,6-7H2,1H3. The van der Waals surface area contributed by atoms with Crippen LogP contribution in [0.15, 0.2) is 30.5 Å². The zero-order chi connectivity index (χ0) is 17.7. The molecule has 7 nitrogen and oxygen atoms in total. The molecule has 1 heterocycles. The van der Waals surface area contributed by atoms with E-state index in [-0.39, 0.29) is 12.1 Å². The predicted octanol–water partition coefficient (Wildman–Crippen LogP) is 2.55. The molecule has 0 aliphatic heterocycles. The Balaban J connectivity index is 2.23. The second-order valence-corrected chi connectivity index (χ2v) is 6.36. The van der Waals surface area contributed by atoms with Gasteiger partial charge in [0.15, 0.2) is 0 Å². The van der Waals surface area contributed by atoms with Crippen molar-refractivity contribution in [1.29, 1.82) is 0 Å². The Bertz CT molecular complexity index is 751. The second kappa shape index (κ2) is 8.11. The van der Waals surface area contributed by atoms with Crippen LogP contribution in [0.1, 0.15) is 27.2 Å². The van der Waals surface area contributed by atoms with E-state index in [2.05, 4.69) is 40.0 Å². The molecule has 0 saturated heterocycles. The summed E-state index contributed by atoms with van der Waals surface area (Å²) >= 11 is 8.53. The van der Waals surface area contributed by atoms with Crippen LogP contribution in [0.5, 0.6) is 0 Å². The fraction of sp³-hybridized carbons (Fsp3) is 0.267. The van der Waals surface area contributed by atoms with E-state index < -0.39 is 15.5 Å². The maximum absolute atomic E-state index is 11.4. The van der Waals surface area contributed by atoms with Crippen LogP contribution in [-0.2, 0) is 22.4 Å². The number of esters is 1. The third-order valence-corrected chi connectivity index (χ3v) is 3.75. The van der Waals surface area contributed by atoms with Gasteiger partial charge in [-0.05, 0) is 5.56 Å². The van der Waals surface area contributed by atoms with Gasteiger partial charge in [-0.1, -0.05) is 12.1 Å². The number of nitrogens with zero attached hydrogens (tertiary/aromatic N) is 3. The predicted molar refractivity (Wildman–Crippen MR) is 94.4 cm³/mol. The van der Waals surface area contributed by atoms with Crippen LogP contribution in [0.2, 0.25) is 0 Å². The molecule has 0 saturated carbocycles. The summed E-state index contributed by atoms with van der Waals surface area (Å²) in [5.41, 5.74) is 2.00. The number of rotatable bonds is 6. The van der Waals surface area contributed by atoms with Gasteiger partial charge in [0.2, 0.25) is 0 Å². The van der Waals surface area contributed by atoms with Gasteiger partial charge in [-0.25, -0.2) is 9.97 Å². The summed E-state index contributed by atoms with van der Waals surface area (Å²) in [7, 11) is 1.31. The Morgan fingerprint density at radius 2 is 2.00 bits per heavy atom. The third-order valence-electron chi connectivity index (χ3n) is 3.26. The van der Waals surface area contributed by atoms with E-state index in [1.54, 1.807) is 18.3 Å². The molecule has 0 aliphatic carbocycles. The molecule has 2 rings (SSSR count). The number of ether oxygens (including phenoxy) is 1. The maximum atomic E-state index is 11.4. The number of nitro benzene ring substituents is 1. The number of benzene rings is 1. The first kappa shape index (κ1) is 18.2. The number of thiol groups is 2. The third kappa shape index (κ3) is 4.68. The molecule has 0 unspecified atom stereocenters. The summed E-state index contributed by atoms with van der Waals surface area (Å²) in [6.45, 7) is 0. The lowest BCUT2D eigenvalue weighted by atomic mass is 10.1. The minimum atomic E-state index is -0.469. The lowest BCUT2D eigenvalue weighted by molar-refractivity contribution is -0.384. The van der Waals surface area contributed by atoms with Crippen molar-refractivity contribution in [2.75, 3.05) is 7.11 Å². The first-order valence-corrected chi connectivity index (χ1v) is 7.95. The Kier molecular flexibility index (Phi) is 6.16. The van der Waals surface area contributed by atoms with E-state index in [9.17, 15) is 14.9 Å². The normalized spacial score (nSPS) is 10.7. The topological polar surface area (TPSA) is 95.2 Å². The van der Waals surface area contributed by atoms with Crippen LogP contribution in [0, 0.1) is 10.1 Å². The highest BCUT2D eigenvalue weighted by Crippen LogP contribution is 2.26. The molecular weight excluding hydrogens is 350 g/mol. The number of carbonyl (C=O) groups excluding carboxylic acids is 1. The van der Waals surface area contributed by atoms with Crippen molar-refractivity contribution in [3.8, 4) is 0 Å². The van der Waals surface area contributed by atoms with E-state index in [1.165, 1.54) is 19.2 Å². The fourth-order valence-corrected chi connectivity index (χ4v) is 2.50. The number of methoxy groups -OCH3 is 1. The average molecular weight is 365 g/mol. The van der Waals surface area contributed by atoms with Crippen molar-refractivity contribution in [2.24, 2.45) is 0 Å². The van der Waals surface area contributed by atoms with Gasteiger partial charge >= 0.3 is 5.97 Å². The first-order chi connectivity index (χ1) is 11.4. The highest BCUT2D eigenvalue weighted by molar-refractivity contribution is 7.98. The van der Waals surface area contributed by atoms with Crippen LogP contribution in [0.4, 0.5) is 5.69 Å². The zero-order valence-electron chi connectivity index (χ0n) is 12.7. The minimum absolute atomic E-state index is 0.0274. The Morgan fingerprint density at radius 3 is 2.54 bits per heavy atom. The Hall–Kier alpha value is -2.13. The van der Waals surface area contributed by atoms with Crippen molar-refractivity contribution >= 4 is 36.9 Å². The molecule has 0 aliphatic rings. The van der Waals surface area contributed by atoms with Gasteiger partial charge < -0.3 is 4.74 Å². The van der Waals surface area contributed by atoms with Crippen LogP contribution in [-0.4, -0.2) is 28.0 Å². The van der Waals surface area contributed by atoms with Gasteiger partial charge in [0, 0.05) is 30.3 Å². The molecule has 0 N–H and O–H groups in total. The lowest BCUT2D eigenvalue weighted by Gasteiger charge is -2.11. The quantitative estimate of drug-likeness (QED) is 0.269. The smallest absolute Gasteiger partial charge is 0.310 e. The van der Waals surface area contributed by atoms with E-state index in [1.807, 2.05) is 0 Å². The minimum Gasteiger partial charge on any atom is -0.469 e. The van der Waals surface area contributed by atoms with Gasteiger partial charge in [0.05, 0.1) is 28.7 Å². The molecule has 1 aromatic carbocycles. The summed E-state index contributed by atoms with van der Waals surface area (Å²) in [6, 6.07) is 6.18. The number of non-ortho nitro benzene ring substituents is 1. The highest BCUT2D eigenvalue weighted by atomic mass is 32.2. The maximum Gasteiger partial charge on any atom is 0.310 e. The van der Waals surface area contributed by atoms with Crippen molar-refractivity contribution in [3.05, 3.63) is 63.2 Å². The van der Waals surface area contributed by atoms with Crippen molar-refractivity contribution in [1.82, 2.24) is 9.97 Å². The number of hydrogen-bond donors (Lipinski definition) is 2. The number of carbonyl (C=O) groups is 1. The van der Waals surface area contributed by atoms with E-state index in [4.69, 9.17) is 0 Å². The molecule has 0 amide bonds. The van der Waals surface area contributed by atoms with Crippen LogP contribution < -0.4 is 0 Å². The monoisotopic (exact) mass is 365 g/mol. The second-order valence-electron chi connectivity index (χ2n) is 4.92. The first-order valence-electron chi connectivity index (χ1n) is 6.91. The van der Waals surface area contributed by atoms with Gasteiger partial charge in [-0.2, -0.15) is 25.3 Å². The molecular formula is C15H15N3O4S2. The molecule has 0 spiro atoms. The molecule has 2 aromatic rings. The number of nitro groups is 1. The van der Waals surface area contributed by atoms with Gasteiger partial charge in [0.1, 0.15) is 5.82 Å². The summed E-state index contributed by atoms with van der Waals surface area (Å²) in [5, 5.41) is 10.7. The molecule has 9 heteroatoms. The van der Waals surface area contributed by atoms with Crippen LogP contribution >= 0.6 is 25.3 Å². The van der Waals surface area contributed by atoms with E-state index >= 15 is 0 Å². The van der Waals surface area contributed by atoms with Gasteiger partial charge in [-0.3, -0.25) is 14.9 Å². The molecule has 0 fully saturated rings. The Morgan fingerprint density at radius 1 is 1.33 bits per heavy atom. The molecule has 24 heavy (non-hydrogen) atoms. The zero-order valence-corrected chi connectivity index (χ0v) is 14.5. The molecule has 1 aromatic heterocycles. The summed E-state index contributed by atoms with van der Waals surface area (Å²) in [4.78, 5) is 30.3. The largest absolute Gasteiger partial charge is 0.469 e. The fourth-order valence-electron chi connectivity index (χ4n) is 2.05. The van der Waals surface area contributed by atoms with Gasteiger partial charge in [-0.15, -0.1) is 0 Å².